The van der Waals surface area contributed by atoms with Crippen LogP contribution in [-0.2, 0) is 6.54 Å². The predicted octanol–water partition coefficient (Wildman–Crippen LogP) is 3.37. The number of methoxy groups -OCH3 is 1. The fourth-order valence-electron chi connectivity index (χ4n) is 4.01. The number of aromatic nitrogens is 2. The van der Waals surface area contributed by atoms with Crippen LogP contribution >= 0.6 is 0 Å². The van der Waals surface area contributed by atoms with Gasteiger partial charge in [0.25, 0.3) is 0 Å². The van der Waals surface area contributed by atoms with E-state index in [1.165, 1.54) is 5.69 Å². The van der Waals surface area contributed by atoms with Crippen molar-refractivity contribution >= 4 is 5.69 Å². The van der Waals surface area contributed by atoms with Crippen molar-refractivity contribution in [1.29, 1.82) is 0 Å². The van der Waals surface area contributed by atoms with Crippen molar-refractivity contribution in [3.05, 3.63) is 60.4 Å². The van der Waals surface area contributed by atoms with Gasteiger partial charge in [0, 0.05) is 43.6 Å². The van der Waals surface area contributed by atoms with Crippen molar-refractivity contribution in [2.24, 2.45) is 0 Å². The first-order valence-electron chi connectivity index (χ1n) is 10.4. The fraction of sp³-hybridized carbons (Fsp3) is 0.348. The molecule has 5 rings (SSSR count). The molecule has 1 fully saturated rings. The molecule has 2 aliphatic rings. The van der Waals surface area contributed by atoms with Gasteiger partial charge >= 0.3 is 0 Å². The second-order valence-electron chi connectivity index (χ2n) is 7.63. The Morgan fingerprint density at radius 1 is 1.00 bits per heavy atom. The normalized spacial score (nSPS) is 16.1. The Labute approximate surface area is 176 Å². The average molecular weight is 406 g/mol. The van der Waals surface area contributed by atoms with Crippen molar-refractivity contribution in [2.75, 3.05) is 31.9 Å². The van der Waals surface area contributed by atoms with E-state index in [0.29, 0.717) is 12.8 Å². The van der Waals surface area contributed by atoms with E-state index in [-0.39, 0.29) is 0 Å². The van der Waals surface area contributed by atoms with Crippen molar-refractivity contribution in [2.45, 2.75) is 25.4 Å². The number of nitrogens with one attached hydrogen (secondary N) is 1. The summed E-state index contributed by atoms with van der Waals surface area (Å²) in [4.78, 5) is 2.42. The van der Waals surface area contributed by atoms with Crippen molar-refractivity contribution in [3.63, 3.8) is 0 Å². The summed E-state index contributed by atoms with van der Waals surface area (Å²) in [5, 5.41) is 8.36. The minimum atomic E-state index is 0.318. The van der Waals surface area contributed by atoms with E-state index in [4.69, 9.17) is 19.3 Å². The van der Waals surface area contributed by atoms with Gasteiger partial charge in [0.05, 0.1) is 18.5 Å². The van der Waals surface area contributed by atoms with Crippen LogP contribution in [0.25, 0.3) is 5.69 Å². The zero-order chi connectivity index (χ0) is 20.3. The molecule has 2 aliphatic heterocycles. The molecule has 0 atom stereocenters. The number of nitrogens with zero attached hydrogens (tertiary/aromatic N) is 3. The topological polar surface area (TPSA) is 60.8 Å². The van der Waals surface area contributed by atoms with E-state index in [0.717, 1.165) is 61.1 Å². The summed E-state index contributed by atoms with van der Waals surface area (Å²) in [6, 6.07) is 16.7. The van der Waals surface area contributed by atoms with Gasteiger partial charge in [-0.25, -0.2) is 4.68 Å². The van der Waals surface area contributed by atoms with Crippen LogP contribution in [0, 0.1) is 0 Å². The van der Waals surface area contributed by atoms with Gasteiger partial charge < -0.3 is 24.4 Å². The number of rotatable bonds is 6. The van der Waals surface area contributed by atoms with E-state index < -0.39 is 0 Å². The first kappa shape index (κ1) is 18.8. The lowest BCUT2D eigenvalue weighted by Gasteiger charge is -2.34. The molecular formula is C23H26N4O3. The van der Waals surface area contributed by atoms with Crippen LogP contribution in [0.1, 0.15) is 18.5 Å². The fourth-order valence-corrected chi connectivity index (χ4v) is 4.01. The van der Waals surface area contributed by atoms with Crippen LogP contribution in [0.5, 0.6) is 17.2 Å². The molecular weight excluding hydrogens is 380 g/mol. The van der Waals surface area contributed by atoms with Crippen molar-refractivity contribution in [1.82, 2.24) is 15.1 Å². The van der Waals surface area contributed by atoms with Crippen LogP contribution in [0.15, 0.2) is 54.7 Å². The monoisotopic (exact) mass is 406 g/mol. The standard InChI is InChI=1S/C23H26N4O3/c1-28-21-5-2-19(3-6-21)27-13-10-18(25-27)15-24-17-8-11-26(12-9-17)20-4-7-22-23(14-20)30-16-29-22/h2-7,10,13-14,17,24H,8-9,11-12,15-16H2,1H3. The number of piperidine rings is 1. The van der Waals surface area contributed by atoms with E-state index >= 15 is 0 Å². The van der Waals surface area contributed by atoms with Gasteiger partial charge in [0.15, 0.2) is 11.5 Å². The van der Waals surface area contributed by atoms with Crippen LogP contribution in [0.2, 0.25) is 0 Å². The number of hydrogen-bond acceptors (Lipinski definition) is 6. The number of hydrogen-bond donors (Lipinski definition) is 1. The summed E-state index contributed by atoms with van der Waals surface area (Å²) >= 11 is 0. The van der Waals surface area contributed by atoms with Gasteiger partial charge in [-0.3, -0.25) is 0 Å². The van der Waals surface area contributed by atoms with E-state index in [9.17, 15) is 0 Å². The summed E-state index contributed by atoms with van der Waals surface area (Å²) in [7, 11) is 1.67. The molecule has 0 unspecified atom stereocenters. The molecule has 0 radical (unpaired) electrons. The zero-order valence-corrected chi connectivity index (χ0v) is 17.1. The molecule has 0 amide bonds. The van der Waals surface area contributed by atoms with Gasteiger partial charge in [-0.15, -0.1) is 0 Å². The largest absolute Gasteiger partial charge is 0.497 e. The molecule has 30 heavy (non-hydrogen) atoms. The third kappa shape index (κ3) is 3.93. The molecule has 3 aromatic rings. The van der Waals surface area contributed by atoms with E-state index in [1.54, 1.807) is 7.11 Å². The molecule has 0 aliphatic carbocycles. The molecule has 2 aromatic carbocycles. The number of fused-ring (bicyclic) bond motifs is 1. The van der Waals surface area contributed by atoms with Crippen LogP contribution in [-0.4, -0.2) is 42.8 Å². The zero-order valence-electron chi connectivity index (χ0n) is 17.1. The molecule has 0 saturated carbocycles. The summed E-state index contributed by atoms with van der Waals surface area (Å²) in [6.07, 6.45) is 4.21. The second-order valence-corrected chi connectivity index (χ2v) is 7.63. The van der Waals surface area contributed by atoms with Crippen molar-refractivity contribution < 1.29 is 14.2 Å². The molecule has 1 N–H and O–H groups in total. The Kier molecular flexibility index (Phi) is 5.19. The molecule has 1 aromatic heterocycles. The van der Waals surface area contributed by atoms with Crippen LogP contribution in [0.4, 0.5) is 5.69 Å². The molecule has 7 nitrogen and oxygen atoms in total. The van der Waals surface area contributed by atoms with E-state index in [2.05, 4.69) is 28.4 Å². The van der Waals surface area contributed by atoms with Gasteiger partial charge in [0.1, 0.15) is 5.75 Å². The Hall–Kier alpha value is -3.19. The molecule has 0 bridgehead atoms. The highest BCUT2D eigenvalue weighted by Gasteiger charge is 2.21. The third-order valence-corrected chi connectivity index (χ3v) is 5.77. The highest BCUT2D eigenvalue weighted by molar-refractivity contribution is 5.57. The number of ether oxygens (including phenoxy) is 3. The SMILES string of the molecule is COc1ccc(-n2ccc(CNC3CCN(c4ccc5c(c4)OCO5)CC3)n2)cc1. The maximum atomic E-state index is 5.51. The number of benzene rings is 2. The Balaban J connectivity index is 1.13. The summed E-state index contributed by atoms with van der Waals surface area (Å²) < 4.78 is 18.0. The third-order valence-electron chi connectivity index (χ3n) is 5.77. The summed E-state index contributed by atoms with van der Waals surface area (Å²) in [5.41, 5.74) is 3.28. The van der Waals surface area contributed by atoms with Gasteiger partial charge in [-0.2, -0.15) is 5.10 Å². The highest BCUT2D eigenvalue weighted by Crippen LogP contribution is 2.36. The maximum absolute atomic E-state index is 5.51. The quantitative estimate of drug-likeness (QED) is 0.677. The van der Waals surface area contributed by atoms with Gasteiger partial charge in [0.2, 0.25) is 6.79 Å². The first-order valence-corrected chi connectivity index (χ1v) is 10.4. The maximum Gasteiger partial charge on any atom is 0.231 e. The molecule has 3 heterocycles. The molecule has 0 spiro atoms. The molecule has 156 valence electrons. The lowest BCUT2D eigenvalue weighted by Crippen LogP contribution is -2.42. The average Bonchev–Trinajstić information content (AvgIpc) is 3.47. The Morgan fingerprint density at radius 3 is 2.57 bits per heavy atom. The minimum Gasteiger partial charge on any atom is -0.497 e. The Morgan fingerprint density at radius 2 is 1.77 bits per heavy atom. The smallest absolute Gasteiger partial charge is 0.231 e. The second kappa shape index (κ2) is 8.28. The van der Waals surface area contributed by atoms with Crippen LogP contribution in [0.3, 0.4) is 0 Å². The first-order chi connectivity index (χ1) is 14.8. The lowest BCUT2D eigenvalue weighted by atomic mass is 10.0. The molecule has 7 heteroatoms. The van der Waals surface area contributed by atoms with Crippen LogP contribution < -0.4 is 24.4 Å². The van der Waals surface area contributed by atoms with Gasteiger partial charge in [-0.05, 0) is 55.3 Å². The lowest BCUT2D eigenvalue weighted by molar-refractivity contribution is 0.174. The Bertz CT molecular complexity index is 994. The highest BCUT2D eigenvalue weighted by atomic mass is 16.7. The minimum absolute atomic E-state index is 0.318. The summed E-state index contributed by atoms with van der Waals surface area (Å²) in [6.45, 7) is 3.14. The number of anilines is 1. The molecule has 1 saturated heterocycles. The van der Waals surface area contributed by atoms with Crippen molar-refractivity contribution in [3.8, 4) is 22.9 Å². The van der Waals surface area contributed by atoms with Gasteiger partial charge in [-0.1, -0.05) is 0 Å². The predicted molar refractivity (Wildman–Crippen MR) is 115 cm³/mol. The van der Waals surface area contributed by atoms with E-state index in [1.807, 2.05) is 41.2 Å². The summed E-state index contributed by atoms with van der Waals surface area (Å²) in [5.74, 6) is 2.53.